The van der Waals surface area contributed by atoms with E-state index in [1.165, 1.54) is 0 Å². The second-order valence-corrected chi connectivity index (χ2v) is 3.24. The Labute approximate surface area is 89.1 Å². The number of hydrogen-bond acceptors (Lipinski definition) is 2. The molecule has 0 aromatic carbocycles. The van der Waals surface area contributed by atoms with Crippen LogP contribution in [0, 0.1) is 0 Å². The molecule has 0 radical (unpaired) electrons. The zero-order valence-corrected chi connectivity index (χ0v) is 8.27. The van der Waals surface area contributed by atoms with Gasteiger partial charge < -0.3 is 4.79 Å². The summed E-state index contributed by atoms with van der Waals surface area (Å²) in [5.74, 6) is 0. The van der Waals surface area contributed by atoms with Gasteiger partial charge in [0.05, 0.1) is 5.56 Å². The van der Waals surface area contributed by atoms with Crippen molar-refractivity contribution in [3.63, 3.8) is 0 Å². The number of alkyl halides is 3. The number of pyridine rings is 1. The summed E-state index contributed by atoms with van der Waals surface area (Å²) in [6.45, 7) is 0. The van der Waals surface area contributed by atoms with Crippen LogP contribution in [0.5, 0.6) is 0 Å². The topological polar surface area (TPSA) is 30.0 Å². The lowest BCUT2D eigenvalue weighted by Crippen LogP contribution is -2.07. The van der Waals surface area contributed by atoms with E-state index >= 15 is 0 Å². The quantitative estimate of drug-likeness (QED) is 0.598. The van der Waals surface area contributed by atoms with E-state index in [1.807, 2.05) is 0 Å². The first-order valence-corrected chi connectivity index (χ1v) is 4.48. The normalized spacial score (nSPS) is 11.5. The number of aldehydes is 1. The van der Waals surface area contributed by atoms with Crippen molar-refractivity contribution in [1.29, 1.82) is 0 Å². The smallest absolute Gasteiger partial charge is 0.303 e. The van der Waals surface area contributed by atoms with Crippen LogP contribution in [0.1, 0.15) is 17.5 Å². The highest BCUT2D eigenvalue weighted by atomic mass is 35.5. The molecule has 0 bridgehead atoms. The van der Waals surface area contributed by atoms with Crippen LogP contribution in [0.15, 0.2) is 12.3 Å². The molecule has 0 unspecified atom stereocenters. The molecule has 0 saturated heterocycles. The van der Waals surface area contributed by atoms with E-state index in [2.05, 4.69) is 4.98 Å². The summed E-state index contributed by atoms with van der Waals surface area (Å²) >= 11 is 5.59. The largest absolute Gasteiger partial charge is 0.417 e. The van der Waals surface area contributed by atoms with Crippen molar-refractivity contribution in [2.75, 3.05) is 0 Å². The molecule has 0 spiro atoms. The second kappa shape index (κ2) is 4.61. The van der Waals surface area contributed by atoms with Crippen LogP contribution >= 0.6 is 11.6 Å². The maximum Gasteiger partial charge on any atom is 0.417 e. The highest BCUT2D eigenvalue weighted by molar-refractivity contribution is 6.30. The molecule has 0 amide bonds. The van der Waals surface area contributed by atoms with Gasteiger partial charge in [-0.15, -0.1) is 0 Å². The number of carbonyl (C=O) groups excluding carboxylic acids is 1. The molecule has 6 heteroatoms. The Morgan fingerprint density at radius 3 is 2.67 bits per heavy atom. The molecule has 0 atom stereocenters. The Hall–Kier alpha value is -1.10. The summed E-state index contributed by atoms with van der Waals surface area (Å²) in [6, 6.07) is 0.916. The van der Waals surface area contributed by atoms with Crippen molar-refractivity contribution in [2.24, 2.45) is 0 Å². The Bertz CT molecular complexity index is 365. The molecular formula is C9H7ClF3NO. The van der Waals surface area contributed by atoms with Crippen molar-refractivity contribution in [3.05, 3.63) is 28.5 Å². The summed E-state index contributed by atoms with van der Waals surface area (Å²) in [6.07, 6.45) is -2.85. The first-order valence-electron chi connectivity index (χ1n) is 4.10. The van der Waals surface area contributed by atoms with Gasteiger partial charge in [-0.3, -0.25) is 0 Å². The number of hydrogen-bond donors (Lipinski definition) is 0. The maximum atomic E-state index is 12.3. The van der Waals surface area contributed by atoms with E-state index in [1.54, 1.807) is 0 Å². The molecule has 2 nitrogen and oxygen atoms in total. The minimum absolute atomic E-state index is 0.00449. The zero-order valence-electron chi connectivity index (χ0n) is 7.51. The molecule has 1 aromatic heterocycles. The monoisotopic (exact) mass is 237 g/mol. The van der Waals surface area contributed by atoms with Gasteiger partial charge in [-0.05, 0) is 18.1 Å². The van der Waals surface area contributed by atoms with Crippen LogP contribution in [-0.2, 0) is 17.4 Å². The van der Waals surface area contributed by atoms with E-state index in [9.17, 15) is 18.0 Å². The van der Waals surface area contributed by atoms with E-state index in [4.69, 9.17) is 11.6 Å². The summed E-state index contributed by atoms with van der Waals surface area (Å²) in [7, 11) is 0. The van der Waals surface area contributed by atoms with Gasteiger partial charge in [-0.1, -0.05) is 11.6 Å². The van der Waals surface area contributed by atoms with Gasteiger partial charge in [0.1, 0.15) is 11.4 Å². The van der Waals surface area contributed by atoms with Gasteiger partial charge in [0, 0.05) is 12.6 Å². The predicted molar refractivity (Wildman–Crippen MR) is 48.6 cm³/mol. The van der Waals surface area contributed by atoms with E-state index < -0.39 is 11.7 Å². The van der Waals surface area contributed by atoms with Gasteiger partial charge in [0.25, 0.3) is 0 Å². The van der Waals surface area contributed by atoms with Crippen LogP contribution < -0.4 is 0 Å². The number of aromatic nitrogens is 1. The third kappa shape index (κ3) is 3.20. The third-order valence-electron chi connectivity index (χ3n) is 1.77. The summed E-state index contributed by atoms with van der Waals surface area (Å²) < 4.78 is 36.8. The Morgan fingerprint density at radius 1 is 1.47 bits per heavy atom. The summed E-state index contributed by atoms with van der Waals surface area (Å²) in [5, 5.41) is 0.00449. The first kappa shape index (κ1) is 12.0. The zero-order chi connectivity index (χ0) is 11.5. The molecule has 0 saturated carbocycles. The molecule has 0 aliphatic heterocycles. The van der Waals surface area contributed by atoms with E-state index in [0.29, 0.717) is 12.5 Å². The molecule has 1 aromatic rings. The highest BCUT2D eigenvalue weighted by Gasteiger charge is 2.31. The van der Waals surface area contributed by atoms with Gasteiger partial charge in [0.15, 0.2) is 0 Å². The molecule has 0 aliphatic carbocycles. The fourth-order valence-corrected chi connectivity index (χ4v) is 1.24. The predicted octanol–water partition coefficient (Wildman–Crippen LogP) is 2.89. The lowest BCUT2D eigenvalue weighted by Gasteiger charge is -2.08. The molecule has 82 valence electrons. The number of aryl methyl sites for hydroxylation is 1. The van der Waals surface area contributed by atoms with E-state index in [0.717, 1.165) is 6.07 Å². The first-order chi connectivity index (χ1) is 6.95. The van der Waals surface area contributed by atoms with Crippen molar-refractivity contribution in [1.82, 2.24) is 4.98 Å². The number of halogens is 4. The van der Waals surface area contributed by atoms with Crippen LogP contribution in [0.3, 0.4) is 0 Å². The van der Waals surface area contributed by atoms with Crippen molar-refractivity contribution >= 4 is 17.9 Å². The fourth-order valence-electron chi connectivity index (χ4n) is 1.04. The third-order valence-corrected chi connectivity index (χ3v) is 2.11. The van der Waals surface area contributed by atoms with Crippen LogP contribution in [0.2, 0.25) is 5.15 Å². The second-order valence-electron chi connectivity index (χ2n) is 2.88. The van der Waals surface area contributed by atoms with Crippen molar-refractivity contribution in [2.45, 2.75) is 19.0 Å². The SMILES string of the molecule is O=CCCc1cc(C(F)(F)F)cnc1Cl. The summed E-state index contributed by atoms with van der Waals surface area (Å²) in [4.78, 5) is 13.5. The average Bonchev–Trinajstić information content (AvgIpc) is 2.15. The number of carbonyl (C=O) groups is 1. The Morgan fingerprint density at radius 2 is 2.13 bits per heavy atom. The van der Waals surface area contributed by atoms with Gasteiger partial charge in [-0.25, -0.2) is 4.98 Å². The van der Waals surface area contributed by atoms with Gasteiger partial charge in [-0.2, -0.15) is 13.2 Å². The molecular weight excluding hydrogens is 231 g/mol. The maximum absolute atomic E-state index is 12.3. The van der Waals surface area contributed by atoms with Crippen LogP contribution in [-0.4, -0.2) is 11.3 Å². The van der Waals surface area contributed by atoms with Gasteiger partial charge in [0.2, 0.25) is 0 Å². The molecule has 1 rings (SSSR count). The molecule has 15 heavy (non-hydrogen) atoms. The lowest BCUT2D eigenvalue weighted by molar-refractivity contribution is -0.137. The highest BCUT2D eigenvalue weighted by Crippen LogP contribution is 2.30. The van der Waals surface area contributed by atoms with E-state index in [-0.39, 0.29) is 23.6 Å². The minimum atomic E-state index is -4.44. The van der Waals surface area contributed by atoms with Crippen molar-refractivity contribution in [3.8, 4) is 0 Å². The molecule has 0 fully saturated rings. The van der Waals surface area contributed by atoms with Crippen LogP contribution in [0.4, 0.5) is 13.2 Å². The van der Waals surface area contributed by atoms with Crippen molar-refractivity contribution < 1.29 is 18.0 Å². The Kier molecular flexibility index (Phi) is 3.68. The molecule has 1 heterocycles. The number of nitrogens with zero attached hydrogens (tertiary/aromatic N) is 1. The number of rotatable bonds is 3. The van der Waals surface area contributed by atoms with Crippen LogP contribution in [0.25, 0.3) is 0 Å². The minimum Gasteiger partial charge on any atom is -0.303 e. The summed E-state index contributed by atoms with van der Waals surface area (Å²) in [5.41, 5.74) is -0.619. The standard InChI is InChI=1S/C9H7ClF3NO/c10-8-6(2-1-3-15)4-7(5-14-8)9(11,12)13/h3-5H,1-2H2. The molecule has 0 N–H and O–H groups in total. The fraction of sp³-hybridized carbons (Fsp3) is 0.333. The van der Waals surface area contributed by atoms with Gasteiger partial charge >= 0.3 is 6.18 Å². The Balaban J connectivity index is 3.00. The lowest BCUT2D eigenvalue weighted by atomic mass is 10.1. The molecule has 0 aliphatic rings. The average molecular weight is 238 g/mol.